The van der Waals surface area contributed by atoms with Gasteiger partial charge in [-0.1, -0.05) is 18.2 Å². The fourth-order valence-electron chi connectivity index (χ4n) is 3.51. The molecule has 0 atom stereocenters. The van der Waals surface area contributed by atoms with E-state index in [4.69, 9.17) is 0 Å². The zero-order valence-corrected chi connectivity index (χ0v) is 13.7. The Bertz CT molecular complexity index is 857. The van der Waals surface area contributed by atoms with Crippen LogP contribution in [0.25, 0.3) is 10.9 Å². The number of nitrogens with one attached hydrogen (secondary N) is 2. The number of carbonyl (C=O) groups is 1. The molecule has 0 bridgehead atoms. The molecule has 124 valence electrons. The fraction of sp³-hybridized carbons (Fsp3) is 0.389. The first-order valence-corrected chi connectivity index (χ1v) is 8.45. The number of benzene rings is 1. The van der Waals surface area contributed by atoms with Crippen LogP contribution in [-0.2, 0) is 0 Å². The van der Waals surface area contributed by atoms with E-state index in [2.05, 4.69) is 38.4 Å². The SMILES string of the molecule is Cc1cnn(C2CCC(NC(=O)c3n[nH]c4ccccc34)CC2)c1. The number of para-hydroxylation sites is 1. The number of H-pyrrole nitrogens is 1. The Morgan fingerprint density at radius 1 is 1.25 bits per heavy atom. The van der Waals surface area contributed by atoms with E-state index >= 15 is 0 Å². The van der Waals surface area contributed by atoms with Crippen LogP contribution in [-0.4, -0.2) is 31.9 Å². The molecule has 6 heteroatoms. The number of fused-ring (bicyclic) bond motifs is 1. The Labute approximate surface area is 140 Å². The predicted octanol–water partition coefficient (Wildman–Crippen LogP) is 2.98. The summed E-state index contributed by atoms with van der Waals surface area (Å²) in [7, 11) is 0. The van der Waals surface area contributed by atoms with Crippen LogP contribution in [0.5, 0.6) is 0 Å². The van der Waals surface area contributed by atoms with Gasteiger partial charge in [0.05, 0.1) is 17.8 Å². The van der Waals surface area contributed by atoms with Gasteiger partial charge in [0.15, 0.2) is 5.69 Å². The molecule has 2 aromatic heterocycles. The molecular formula is C18H21N5O. The maximum atomic E-state index is 12.5. The van der Waals surface area contributed by atoms with E-state index < -0.39 is 0 Å². The number of hydrogen-bond acceptors (Lipinski definition) is 3. The van der Waals surface area contributed by atoms with E-state index in [1.54, 1.807) is 0 Å². The zero-order valence-electron chi connectivity index (χ0n) is 13.7. The highest BCUT2D eigenvalue weighted by atomic mass is 16.2. The third-order valence-electron chi connectivity index (χ3n) is 4.82. The number of aryl methyl sites for hydroxylation is 1. The summed E-state index contributed by atoms with van der Waals surface area (Å²) in [5.74, 6) is -0.0918. The van der Waals surface area contributed by atoms with Crippen molar-refractivity contribution in [1.82, 2.24) is 25.3 Å². The lowest BCUT2D eigenvalue weighted by atomic mass is 9.91. The summed E-state index contributed by atoms with van der Waals surface area (Å²) in [6, 6.07) is 8.35. The lowest BCUT2D eigenvalue weighted by molar-refractivity contribution is 0.0918. The second-order valence-corrected chi connectivity index (χ2v) is 6.59. The molecule has 1 saturated carbocycles. The summed E-state index contributed by atoms with van der Waals surface area (Å²) in [6.45, 7) is 2.06. The number of aromatic amines is 1. The second-order valence-electron chi connectivity index (χ2n) is 6.59. The van der Waals surface area contributed by atoms with E-state index in [1.165, 1.54) is 5.56 Å². The Kier molecular flexibility index (Phi) is 3.80. The minimum atomic E-state index is -0.0918. The second kappa shape index (κ2) is 6.11. The predicted molar refractivity (Wildman–Crippen MR) is 91.8 cm³/mol. The quantitative estimate of drug-likeness (QED) is 0.778. The van der Waals surface area contributed by atoms with Crippen LogP contribution in [0.1, 0.15) is 47.8 Å². The van der Waals surface area contributed by atoms with Gasteiger partial charge in [-0.05, 0) is 44.2 Å². The Morgan fingerprint density at radius 2 is 2.04 bits per heavy atom. The van der Waals surface area contributed by atoms with Gasteiger partial charge in [0, 0.05) is 17.6 Å². The van der Waals surface area contributed by atoms with E-state index in [-0.39, 0.29) is 11.9 Å². The molecule has 0 spiro atoms. The molecule has 1 aromatic carbocycles. The summed E-state index contributed by atoms with van der Waals surface area (Å²) in [4.78, 5) is 12.5. The topological polar surface area (TPSA) is 75.6 Å². The molecule has 0 unspecified atom stereocenters. The van der Waals surface area contributed by atoms with Gasteiger partial charge in [-0.3, -0.25) is 14.6 Å². The van der Waals surface area contributed by atoms with Crippen molar-refractivity contribution in [3.8, 4) is 0 Å². The normalized spacial score (nSPS) is 21.0. The molecule has 3 aromatic rings. The van der Waals surface area contributed by atoms with Gasteiger partial charge in [0.1, 0.15) is 0 Å². The average Bonchev–Trinajstić information content (AvgIpc) is 3.22. The number of nitrogens with zero attached hydrogens (tertiary/aromatic N) is 3. The number of hydrogen-bond donors (Lipinski definition) is 2. The van der Waals surface area contributed by atoms with Crippen molar-refractivity contribution in [1.29, 1.82) is 0 Å². The van der Waals surface area contributed by atoms with E-state index in [1.807, 2.05) is 30.5 Å². The number of amides is 1. The zero-order chi connectivity index (χ0) is 16.5. The van der Waals surface area contributed by atoms with Crippen LogP contribution in [0.2, 0.25) is 0 Å². The minimum absolute atomic E-state index is 0.0918. The third-order valence-corrected chi connectivity index (χ3v) is 4.82. The molecule has 1 aliphatic carbocycles. The van der Waals surface area contributed by atoms with Gasteiger partial charge < -0.3 is 5.32 Å². The largest absolute Gasteiger partial charge is 0.348 e. The molecule has 0 saturated heterocycles. The minimum Gasteiger partial charge on any atom is -0.348 e. The molecule has 6 nitrogen and oxygen atoms in total. The fourth-order valence-corrected chi connectivity index (χ4v) is 3.51. The van der Waals surface area contributed by atoms with Gasteiger partial charge in [-0.15, -0.1) is 0 Å². The molecule has 2 N–H and O–H groups in total. The summed E-state index contributed by atoms with van der Waals surface area (Å²) in [6.07, 6.45) is 8.01. The van der Waals surface area contributed by atoms with Crippen LogP contribution in [0.3, 0.4) is 0 Å². The molecule has 24 heavy (non-hydrogen) atoms. The van der Waals surface area contributed by atoms with Crippen LogP contribution < -0.4 is 5.32 Å². The van der Waals surface area contributed by atoms with Gasteiger partial charge in [0.2, 0.25) is 0 Å². The van der Waals surface area contributed by atoms with Gasteiger partial charge in [0.25, 0.3) is 5.91 Å². The van der Waals surface area contributed by atoms with E-state index in [0.29, 0.717) is 11.7 Å². The van der Waals surface area contributed by atoms with E-state index in [0.717, 1.165) is 36.6 Å². The number of carbonyl (C=O) groups excluding carboxylic acids is 1. The first-order valence-electron chi connectivity index (χ1n) is 8.45. The standard InChI is InChI=1S/C18H21N5O/c1-12-10-19-23(11-12)14-8-6-13(7-9-14)20-18(24)17-15-4-2-3-5-16(15)21-22-17/h2-5,10-11,13-14H,6-9H2,1H3,(H,20,24)(H,21,22). The lowest BCUT2D eigenvalue weighted by Crippen LogP contribution is -2.38. The van der Waals surface area contributed by atoms with Crippen LogP contribution in [0.4, 0.5) is 0 Å². The smallest absolute Gasteiger partial charge is 0.272 e. The van der Waals surface area contributed by atoms with Crippen LogP contribution in [0, 0.1) is 6.92 Å². The Balaban J connectivity index is 1.39. The van der Waals surface area contributed by atoms with E-state index in [9.17, 15) is 4.79 Å². The van der Waals surface area contributed by atoms with Crippen molar-refractivity contribution in [3.63, 3.8) is 0 Å². The van der Waals surface area contributed by atoms with Crippen molar-refractivity contribution in [2.24, 2.45) is 0 Å². The van der Waals surface area contributed by atoms with Crippen molar-refractivity contribution in [2.75, 3.05) is 0 Å². The molecular weight excluding hydrogens is 302 g/mol. The first-order chi connectivity index (χ1) is 11.7. The highest BCUT2D eigenvalue weighted by Crippen LogP contribution is 2.28. The van der Waals surface area contributed by atoms with Crippen molar-refractivity contribution in [3.05, 3.63) is 47.9 Å². The van der Waals surface area contributed by atoms with Gasteiger partial charge in [-0.25, -0.2) is 0 Å². The van der Waals surface area contributed by atoms with Crippen LogP contribution in [0.15, 0.2) is 36.7 Å². The maximum absolute atomic E-state index is 12.5. The molecule has 4 rings (SSSR count). The summed E-state index contributed by atoms with van der Waals surface area (Å²) < 4.78 is 2.06. The van der Waals surface area contributed by atoms with Crippen molar-refractivity contribution >= 4 is 16.8 Å². The van der Waals surface area contributed by atoms with Gasteiger partial charge in [-0.2, -0.15) is 10.2 Å². The van der Waals surface area contributed by atoms with Crippen molar-refractivity contribution in [2.45, 2.75) is 44.7 Å². The highest BCUT2D eigenvalue weighted by Gasteiger charge is 2.25. The summed E-state index contributed by atoms with van der Waals surface area (Å²) in [5, 5.41) is 15.5. The summed E-state index contributed by atoms with van der Waals surface area (Å²) in [5.41, 5.74) is 2.56. The Morgan fingerprint density at radius 3 is 2.79 bits per heavy atom. The number of aromatic nitrogens is 4. The maximum Gasteiger partial charge on any atom is 0.272 e. The number of rotatable bonds is 3. The molecule has 2 heterocycles. The van der Waals surface area contributed by atoms with Crippen molar-refractivity contribution < 1.29 is 4.79 Å². The lowest BCUT2D eigenvalue weighted by Gasteiger charge is -2.29. The monoisotopic (exact) mass is 323 g/mol. The van der Waals surface area contributed by atoms with Crippen LogP contribution >= 0.6 is 0 Å². The molecule has 1 amide bonds. The molecule has 0 radical (unpaired) electrons. The molecule has 1 aliphatic rings. The highest BCUT2D eigenvalue weighted by molar-refractivity contribution is 6.04. The molecule has 1 fully saturated rings. The molecule has 0 aliphatic heterocycles. The average molecular weight is 323 g/mol. The first kappa shape index (κ1) is 14.9. The third kappa shape index (κ3) is 2.79. The van der Waals surface area contributed by atoms with Gasteiger partial charge >= 0.3 is 0 Å². The summed E-state index contributed by atoms with van der Waals surface area (Å²) >= 11 is 0. The Hall–Kier alpha value is -2.63.